The van der Waals surface area contributed by atoms with Gasteiger partial charge in [0.05, 0.1) is 0 Å². The Labute approximate surface area is 104 Å². The highest BCUT2D eigenvalue weighted by Crippen LogP contribution is 2.08. The van der Waals surface area contributed by atoms with Crippen LogP contribution in [-0.2, 0) is 0 Å². The molecular formula is C12H15F2N3O. The van der Waals surface area contributed by atoms with Crippen molar-refractivity contribution in [3.8, 4) is 0 Å². The number of amides is 1. The van der Waals surface area contributed by atoms with Gasteiger partial charge in [-0.1, -0.05) is 0 Å². The van der Waals surface area contributed by atoms with Crippen molar-refractivity contribution in [3.63, 3.8) is 0 Å². The van der Waals surface area contributed by atoms with Gasteiger partial charge in [-0.3, -0.25) is 10.2 Å². The number of piperazine rings is 1. The summed E-state index contributed by atoms with van der Waals surface area (Å²) in [7, 11) is 2.00. The van der Waals surface area contributed by atoms with E-state index in [1.807, 2.05) is 7.05 Å². The Bertz CT molecular complexity index is 425. The van der Waals surface area contributed by atoms with Gasteiger partial charge in [-0.25, -0.2) is 13.8 Å². The fraction of sp³-hybridized carbons (Fsp3) is 0.417. The summed E-state index contributed by atoms with van der Waals surface area (Å²) in [5.74, 6) is -1.99. The molecule has 6 heteroatoms. The predicted molar refractivity (Wildman–Crippen MR) is 62.9 cm³/mol. The first-order chi connectivity index (χ1) is 8.54. The molecule has 1 heterocycles. The van der Waals surface area contributed by atoms with E-state index in [9.17, 15) is 13.6 Å². The maximum absolute atomic E-state index is 13.0. The quantitative estimate of drug-likeness (QED) is 0.851. The van der Waals surface area contributed by atoms with Crippen LogP contribution >= 0.6 is 0 Å². The minimum Gasteiger partial charge on any atom is -0.304 e. The van der Waals surface area contributed by atoms with Gasteiger partial charge in [0.1, 0.15) is 11.6 Å². The van der Waals surface area contributed by atoms with Crippen LogP contribution in [0.5, 0.6) is 0 Å². The molecule has 1 aromatic rings. The number of hydrazine groups is 1. The molecule has 98 valence electrons. The van der Waals surface area contributed by atoms with Crippen molar-refractivity contribution in [1.82, 2.24) is 15.3 Å². The van der Waals surface area contributed by atoms with Crippen LogP contribution in [0.3, 0.4) is 0 Å². The highest BCUT2D eigenvalue weighted by Gasteiger charge is 2.17. The first-order valence-corrected chi connectivity index (χ1v) is 5.75. The van der Waals surface area contributed by atoms with Crippen molar-refractivity contribution >= 4 is 5.91 Å². The van der Waals surface area contributed by atoms with E-state index in [4.69, 9.17) is 0 Å². The van der Waals surface area contributed by atoms with Crippen molar-refractivity contribution in [3.05, 3.63) is 35.4 Å². The summed E-state index contributed by atoms with van der Waals surface area (Å²) in [5.41, 5.74) is 2.64. The second kappa shape index (κ2) is 5.41. The Balaban J connectivity index is 1.99. The topological polar surface area (TPSA) is 35.6 Å². The third-order valence-electron chi connectivity index (χ3n) is 2.89. The molecule has 1 amide bonds. The van der Waals surface area contributed by atoms with E-state index in [2.05, 4.69) is 10.3 Å². The molecule has 1 aliphatic heterocycles. The molecule has 0 bridgehead atoms. The molecule has 0 saturated carbocycles. The maximum Gasteiger partial charge on any atom is 0.265 e. The van der Waals surface area contributed by atoms with Gasteiger partial charge in [-0.15, -0.1) is 0 Å². The largest absolute Gasteiger partial charge is 0.304 e. The Morgan fingerprint density at radius 2 is 1.67 bits per heavy atom. The normalized spacial score (nSPS) is 17.7. The summed E-state index contributed by atoms with van der Waals surface area (Å²) >= 11 is 0. The molecule has 1 fully saturated rings. The number of nitrogens with zero attached hydrogens (tertiary/aromatic N) is 2. The van der Waals surface area contributed by atoms with Crippen LogP contribution in [-0.4, -0.2) is 49.0 Å². The lowest BCUT2D eigenvalue weighted by atomic mass is 10.2. The predicted octanol–water partition coefficient (Wildman–Crippen LogP) is 0.857. The number of benzene rings is 1. The standard InChI is InChI=1S/C12H15F2N3O/c1-16-2-4-17(5-3-16)15-12(18)9-6-10(13)8-11(14)7-9/h6-8H,2-5H2,1H3,(H,15,18). The fourth-order valence-electron chi connectivity index (χ4n) is 1.81. The molecule has 1 aromatic carbocycles. The van der Waals surface area contributed by atoms with Crippen molar-refractivity contribution in [2.45, 2.75) is 0 Å². The molecule has 0 aromatic heterocycles. The van der Waals surface area contributed by atoms with E-state index in [0.29, 0.717) is 13.1 Å². The molecule has 1 aliphatic rings. The molecule has 4 nitrogen and oxygen atoms in total. The maximum atomic E-state index is 13.0. The fourth-order valence-corrected chi connectivity index (χ4v) is 1.81. The van der Waals surface area contributed by atoms with Gasteiger partial charge in [-0.05, 0) is 19.2 Å². The highest BCUT2D eigenvalue weighted by atomic mass is 19.1. The molecular weight excluding hydrogens is 240 g/mol. The molecule has 1 saturated heterocycles. The third-order valence-corrected chi connectivity index (χ3v) is 2.89. The Morgan fingerprint density at radius 1 is 1.11 bits per heavy atom. The second-order valence-corrected chi connectivity index (χ2v) is 4.39. The Hall–Kier alpha value is -1.53. The minimum atomic E-state index is -0.751. The van der Waals surface area contributed by atoms with Gasteiger partial charge in [0.2, 0.25) is 0 Å². The molecule has 0 unspecified atom stereocenters. The van der Waals surface area contributed by atoms with E-state index in [-0.39, 0.29) is 5.56 Å². The summed E-state index contributed by atoms with van der Waals surface area (Å²) in [6, 6.07) is 2.79. The monoisotopic (exact) mass is 255 g/mol. The average molecular weight is 255 g/mol. The van der Waals surface area contributed by atoms with Gasteiger partial charge >= 0.3 is 0 Å². The molecule has 1 N–H and O–H groups in total. The molecule has 0 aliphatic carbocycles. The summed E-state index contributed by atoms with van der Waals surface area (Å²) in [6.07, 6.45) is 0. The zero-order valence-corrected chi connectivity index (χ0v) is 10.1. The van der Waals surface area contributed by atoms with E-state index in [0.717, 1.165) is 31.3 Å². The lowest BCUT2D eigenvalue weighted by molar-refractivity contribution is 0.0661. The van der Waals surface area contributed by atoms with Crippen LogP contribution in [0.2, 0.25) is 0 Å². The number of carbonyl (C=O) groups excluding carboxylic acids is 1. The van der Waals surface area contributed by atoms with Crippen molar-refractivity contribution in [2.75, 3.05) is 33.2 Å². The van der Waals surface area contributed by atoms with Gasteiger partial charge in [0.15, 0.2) is 0 Å². The van der Waals surface area contributed by atoms with Crippen LogP contribution in [0.1, 0.15) is 10.4 Å². The van der Waals surface area contributed by atoms with Gasteiger partial charge in [0.25, 0.3) is 5.91 Å². The lowest BCUT2D eigenvalue weighted by Crippen LogP contribution is -2.52. The number of carbonyl (C=O) groups is 1. The first kappa shape index (κ1) is 12.9. The minimum absolute atomic E-state index is 0.00794. The first-order valence-electron chi connectivity index (χ1n) is 5.75. The van der Waals surface area contributed by atoms with E-state index < -0.39 is 17.5 Å². The number of hydrogen-bond donors (Lipinski definition) is 1. The summed E-state index contributed by atoms with van der Waals surface area (Å²) in [5, 5.41) is 1.76. The summed E-state index contributed by atoms with van der Waals surface area (Å²) in [4.78, 5) is 13.9. The van der Waals surface area contributed by atoms with Crippen LogP contribution in [0.25, 0.3) is 0 Å². The van der Waals surface area contributed by atoms with Gasteiger partial charge in [-0.2, -0.15) is 0 Å². The van der Waals surface area contributed by atoms with Gasteiger partial charge < -0.3 is 4.90 Å². The van der Waals surface area contributed by atoms with E-state index >= 15 is 0 Å². The highest BCUT2D eigenvalue weighted by molar-refractivity contribution is 5.93. The van der Waals surface area contributed by atoms with E-state index in [1.165, 1.54) is 0 Å². The van der Waals surface area contributed by atoms with Crippen molar-refractivity contribution in [2.24, 2.45) is 0 Å². The summed E-state index contributed by atoms with van der Waals surface area (Å²) < 4.78 is 26.0. The van der Waals surface area contributed by atoms with Crippen LogP contribution in [0.15, 0.2) is 18.2 Å². The smallest absolute Gasteiger partial charge is 0.265 e. The zero-order valence-electron chi connectivity index (χ0n) is 10.1. The summed E-state index contributed by atoms with van der Waals surface area (Å²) in [6.45, 7) is 3.08. The Kier molecular flexibility index (Phi) is 3.88. The van der Waals surface area contributed by atoms with Crippen molar-refractivity contribution < 1.29 is 13.6 Å². The van der Waals surface area contributed by atoms with Crippen molar-refractivity contribution in [1.29, 1.82) is 0 Å². The average Bonchev–Trinajstić information content (AvgIpc) is 2.31. The molecule has 0 atom stereocenters. The molecule has 0 radical (unpaired) electrons. The number of halogens is 2. The number of likely N-dealkylation sites (N-methyl/N-ethyl adjacent to an activating group) is 1. The molecule has 18 heavy (non-hydrogen) atoms. The van der Waals surface area contributed by atoms with Gasteiger partial charge in [0, 0.05) is 37.8 Å². The Morgan fingerprint density at radius 3 is 2.22 bits per heavy atom. The van der Waals surface area contributed by atoms with Crippen LogP contribution in [0.4, 0.5) is 8.78 Å². The molecule has 2 rings (SSSR count). The lowest BCUT2D eigenvalue weighted by Gasteiger charge is -2.32. The zero-order chi connectivity index (χ0) is 13.1. The van der Waals surface area contributed by atoms with E-state index in [1.54, 1.807) is 5.01 Å². The second-order valence-electron chi connectivity index (χ2n) is 4.39. The number of hydrogen-bond acceptors (Lipinski definition) is 3. The number of nitrogens with one attached hydrogen (secondary N) is 1. The SMILES string of the molecule is CN1CCN(NC(=O)c2cc(F)cc(F)c2)CC1. The van der Waals surface area contributed by atoms with Crippen LogP contribution in [0, 0.1) is 11.6 Å². The van der Waals surface area contributed by atoms with Crippen LogP contribution < -0.4 is 5.43 Å². The molecule has 0 spiro atoms. The number of rotatable bonds is 2. The third kappa shape index (κ3) is 3.24.